The Morgan fingerprint density at radius 3 is 2.41 bits per heavy atom. The van der Waals surface area contributed by atoms with Crippen LogP contribution in [0.5, 0.6) is 5.75 Å². The maximum absolute atomic E-state index is 13.8. The van der Waals surface area contributed by atoms with E-state index in [1.807, 2.05) is 38.2 Å². The third-order valence-corrected chi connectivity index (χ3v) is 5.29. The molecule has 1 heterocycles. The van der Waals surface area contributed by atoms with Crippen molar-refractivity contribution >= 4 is 15.9 Å². The number of hydrogen-bond donors (Lipinski definition) is 1. The highest BCUT2D eigenvalue weighted by molar-refractivity contribution is 9.10. The lowest BCUT2D eigenvalue weighted by atomic mass is 10.1. The van der Waals surface area contributed by atoms with Crippen LogP contribution < -0.4 is 15.6 Å². The molecule has 152 valence electrons. The van der Waals surface area contributed by atoms with Crippen LogP contribution in [0.4, 0.5) is 8.78 Å². The van der Waals surface area contributed by atoms with Gasteiger partial charge in [0.15, 0.2) is 0 Å². The molecule has 0 aliphatic heterocycles. The number of halogens is 3. The minimum atomic E-state index is -0.687. The van der Waals surface area contributed by atoms with E-state index in [0.29, 0.717) is 18.0 Å². The number of rotatable bonds is 7. The number of aromatic nitrogens is 1. The topological polar surface area (TPSA) is 43.3 Å². The number of benzene rings is 2. The first-order chi connectivity index (χ1) is 13.9. The highest BCUT2D eigenvalue weighted by Crippen LogP contribution is 2.24. The summed E-state index contributed by atoms with van der Waals surface area (Å²) in [5.41, 5.74) is 2.86. The van der Waals surface area contributed by atoms with Crippen molar-refractivity contribution < 1.29 is 13.5 Å². The van der Waals surface area contributed by atoms with Crippen LogP contribution in [0.15, 0.2) is 57.8 Å². The molecule has 1 aromatic heterocycles. The predicted octanol–water partition coefficient (Wildman–Crippen LogP) is 4.54. The normalized spacial score (nSPS) is 10.9. The molecule has 4 nitrogen and oxygen atoms in total. The lowest BCUT2D eigenvalue weighted by Crippen LogP contribution is -2.24. The van der Waals surface area contributed by atoms with E-state index in [-0.39, 0.29) is 22.2 Å². The Morgan fingerprint density at radius 1 is 1.07 bits per heavy atom. The number of hydrogen-bond acceptors (Lipinski definition) is 3. The fraction of sp³-hybridized carbons (Fsp3) is 0.227. The van der Waals surface area contributed by atoms with Crippen LogP contribution in [-0.2, 0) is 19.7 Å². The Kier molecular flexibility index (Phi) is 6.82. The monoisotopic (exact) mass is 462 g/mol. The van der Waals surface area contributed by atoms with Crippen LogP contribution >= 0.6 is 15.9 Å². The average molecular weight is 463 g/mol. The molecule has 0 saturated carbocycles. The smallest absolute Gasteiger partial charge is 0.269 e. The Morgan fingerprint density at radius 2 is 1.76 bits per heavy atom. The average Bonchev–Trinajstić information content (AvgIpc) is 2.69. The van der Waals surface area contributed by atoms with Crippen molar-refractivity contribution in [3.8, 4) is 5.75 Å². The summed E-state index contributed by atoms with van der Waals surface area (Å²) < 4.78 is 34.3. The summed E-state index contributed by atoms with van der Waals surface area (Å²) in [7, 11) is 1.89. The molecule has 29 heavy (non-hydrogen) atoms. The summed E-state index contributed by atoms with van der Waals surface area (Å²) in [5.74, 6) is -1.02. The van der Waals surface area contributed by atoms with Crippen molar-refractivity contribution in [2.75, 3.05) is 7.05 Å². The summed E-state index contributed by atoms with van der Waals surface area (Å²) >= 11 is 3.29. The van der Waals surface area contributed by atoms with Gasteiger partial charge in [-0.2, -0.15) is 0 Å². The summed E-state index contributed by atoms with van der Waals surface area (Å²) in [6, 6.07) is 13.1. The van der Waals surface area contributed by atoms with Crippen molar-refractivity contribution in [2.24, 2.45) is 0 Å². The Balaban J connectivity index is 1.79. The van der Waals surface area contributed by atoms with E-state index >= 15 is 0 Å². The largest absolute Gasteiger partial charge is 0.487 e. The SMILES string of the molecule is CNCc1ccc(Cn2c(C)cc(OCc3ccc(F)cc3F)c(Br)c2=O)cc1. The molecule has 0 atom stereocenters. The first kappa shape index (κ1) is 21.2. The van der Waals surface area contributed by atoms with Gasteiger partial charge in [-0.15, -0.1) is 0 Å². The van der Waals surface area contributed by atoms with E-state index in [1.54, 1.807) is 10.6 Å². The molecule has 0 bridgehead atoms. The van der Waals surface area contributed by atoms with E-state index in [2.05, 4.69) is 21.2 Å². The van der Waals surface area contributed by atoms with Crippen molar-refractivity contribution in [2.45, 2.75) is 26.6 Å². The fourth-order valence-electron chi connectivity index (χ4n) is 2.96. The van der Waals surface area contributed by atoms with Gasteiger partial charge in [-0.05, 0) is 53.2 Å². The van der Waals surface area contributed by atoms with E-state index in [0.717, 1.165) is 18.2 Å². The standard InChI is InChI=1S/C22H21BrF2N2O2/c1-14-9-20(29-13-17-7-8-18(24)10-19(17)25)21(23)22(28)27(14)12-16-5-3-15(4-6-16)11-26-2/h3-10,26H,11-13H2,1-2H3. The Hall–Kier alpha value is -2.51. The summed E-state index contributed by atoms with van der Waals surface area (Å²) in [6.07, 6.45) is 0. The lowest BCUT2D eigenvalue weighted by Gasteiger charge is -2.15. The Bertz CT molecular complexity index is 1070. The van der Waals surface area contributed by atoms with E-state index in [1.165, 1.54) is 17.7 Å². The maximum atomic E-state index is 13.8. The minimum Gasteiger partial charge on any atom is -0.487 e. The molecule has 2 aromatic carbocycles. The van der Waals surface area contributed by atoms with Crippen molar-refractivity contribution in [3.05, 3.63) is 97.4 Å². The summed E-state index contributed by atoms with van der Waals surface area (Å²) in [4.78, 5) is 12.8. The van der Waals surface area contributed by atoms with Gasteiger partial charge < -0.3 is 14.6 Å². The molecule has 0 unspecified atom stereocenters. The molecule has 0 fully saturated rings. The molecule has 3 aromatic rings. The van der Waals surface area contributed by atoms with Gasteiger partial charge in [0, 0.05) is 29.9 Å². The molecule has 0 saturated heterocycles. The zero-order valence-electron chi connectivity index (χ0n) is 16.1. The second kappa shape index (κ2) is 9.33. The zero-order valence-corrected chi connectivity index (χ0v) is 17.7. The van der Waals surface area contributed by atoms with Gasteiger partial charge in [0.2, 0.25) is 0 Å². The second-order valence-electron chi connectivity index (χ2n) is 6.73. The van der Waals surface area contributed by atoms with Gasteiger partial charge in [0.25, 0.3) is 5.56 Å². The van der Waals surface area contributed by atoms with Gasteiger partial charge in [0.1, 0.15) is 28.5 Å². The van der Waals surface area contributed by atoms with Crippen LogP contribution in [0.3, 0.4) is 0 Å². The highest BCUT2D eigenvalue weighted by Gasteiger charge is 2.14. The van der Waals surface area contributed by atoms with Crippen LogP contribution in [-0.4, -0.2) is 11.6 Å². The fourth-order valence-corrected chi connectivity index (χ4v) is 3.40. The number of nitrogens with one attached hydrogen (secondary N) is 1. The second-order valence-corrected chi connectivity index (χ2v) is 7.52. The van der Waals surface area contributed by atoms with Crippen LogP contribution in [0, 0.1) is 18.6 Å². The summed E-state index contributed by atoms with van der Waals surface area (Å²) in [6.45, 7) is 2.91. The van der Waals surface area contributed by atoms with Crippen LogP contribution in [0.2, 0.25) is 0 Å². The van der Waals surface area contributed by atoms with E-state index in [9.17, 15) is 13.6 Å². The van der Waals surface area contributed by atoms with Gasteiger partial charge in [0.05, 0.1) is 6.54 Å². The zero-order chi connectivity index (χ0) is 21.0. The molecule has 7 heteroatoms. The van der Waals surface area contributed by atoms with Gasteiger partial charge in [-0.1, -0.05) is 24.3 Å². The molecule has 0 aliphatic carbocycles. The van der Waals surface area contributed by atoms with Crippen molar-refractivity contribution in [3.63, 3.8) is 0 Å². The molecular weight excluding hydrogens is 442 g/mol. The van der Waals surface area contributed by atoms with Crippen LogP contribution in [0.25, 0.3) is 0 Å². The third kappa shape index (κ3) is 5.10. The number of pyridine rings is 1. The molecule has 0 amide bonds. The maximum Gasteiger partial charge on any atom is 0.269 e. The quantitative estimate of drug-likeness (QED) is 0.560. The summed E-state index contributed by atoms with van der Waals surface area (Å²) in [5, 5.41) is 3.10. The Labute approximate surface area is 176 Å². The van der Waals surface area contributed by atoms with Gasteiger partial charge in [-0.25, -0.2) is 8.78 Å². The number of nitrogens with zero attached hydrogens (tertiary/aromatic N) is 1. The first-order valence-corrected chi connectivity index (χ1v) is 9.87. The molecular formula is C22H21BrF2N2O2. The van der Waals surface area contributed by atoms with Crippen molar-refractivity contribution in [1.82, 2.24) is 9.88 Å². The third-order valence-electron chi connectivity index (χ3n) is 4.56. The van der Waals surface area contributed by atoms with Crippen molar-refractivity contribution in [1.29, 1.82) is 0 Å². The molecule has 0 radical (unpaired) electrons. The van der Waals surface area contributed by atoms with Gasteiger partial charge >= 0.3 is 0 Å². The van der Waals surface area contributed by atoms with E-state index in [4.69, 9.17) is 4.74 Å². The van der Waals surface area contributed by atoms with Crippen LogP contribution in [0.1, 0.15) is 22.4 Å². The molecule has 1 N–H and O–H groups in total. The molecule has 0 spiro atoms. The molecule has 3 rings (SSSR count). The predicted molar refractivity (Wildman–Crippen MR) is 112 cm³/mol. The number of aryl methyl sites for hydroxylation is 1. The van der Waals surface area contributed by atoms with E-state index < -0.39 is 11.6 Å². The van der Waals surface area contributed by atoms with Gasteiger partial charge in [-0.3, -0.25) is 4.79 Å². The molecule has 0 aliphatic rings. The number of ether oxygens (including phenoxy) is 1. The lowest BCUT2D eigenvalue weighted by molar-refractivity contribution is 0.296. The highest BCUT2D eigenvalue weighted by atomic mass is 79.9. The minimum absolute atomic E-state index is 0.111. The first-order valence-electron chi connectivity index (χ1n) is 9.08.